The lowest BCUT2D eigenvalue weighted by Crippen LogP contribution is -1.91. The Morgan fingerprint density at radius 3 is 2.67 bits per heavy atom. The van der Waals surface area contributed by atoms with Gasteiger partial charge >= 0.3 is 0 Å². The fourth-order valence-electron chi connectivity index (χ4n) is 0.937. The Bertz CT molecular complexity index is 258. The van der Waals surface area contributed by atoms with E-state index in [4.69, 9.17) is 0 Å². The van der Waals surface area contributed by atoms with Crippen molar-refractivity contribution in [2.75, 3.05) is 12.4 Å². The van der Waals surface area contributed by atoms with E-state index in [1.165, 1.54) is 4.88 Å². The summed E-state index contributed by atoms with van der Waals surface area (Å²) in [5, 5.41) is 4.02. The molecule has 0 aliphatic heterocycles. The molecule has 0 spiro atoms. The Morgan fingerprint density at radius 2 is 2.25 bits per heavy atom. The molecular formula is C8H13BrN2S. The summed E-state index contributed by atoms with van der Waals surface area (Å²) in [6, 6.07) is 0. The van der Waals surface area contributed by atoms with E-state index in [1.54, 1.807) is 11.3 Å². The first kappa shape index (κ1) is 9.99. The lowest BCUT2D eigenvalue weighted by Gasteiger charge is -1.99. The molecule has 0 unspecified atom stereocenters. The highest BCUT2D eigenvalue weighted by Gasteiger charge is 2.08. The molecule has 0 amide bonds. The quantitative estimate of drug-likeness (QED) is 0.890. The number of nitrogens with zero attached hydrogens (tertiary/aromatic N) is 1. The number of hydrogen-bond acceptors (Lipinski definition) is 3. The molecule has 0 saturated heterocycles. The molecule has 0 atom stereocenters. The summed E-state index contributed by atoms with van der Waals surface area (Å²) in [4.78, 5) is 5.63. The van der Waals surface area contributed by atoms with Crippen molar-refractivity contribution >= 4 is 32.4 Å². The van der Waals surface area contributed by atoms with Crippen LogP contribution < -0.4 is 5.32 Å². The maximum atomic E-state index is 4.31. The van der Waals surface area contributed by atoms with Crippen molar-refractivity contribution in [3.8, 4) is 0 Å². The van der Waals surface area contributed by atoms with E-state index < -0.39 is 0 Å². The zero-order chi connectivity index (χ0) is 9.14. The van der Waals surface area contributed by atoms with Crippen LogP contribution in [0.15, 0.2) is 4.60 Å². The highest BCUT2D eigenvalue weighted by molar-refractivity contribution is 9.10. The zero-order valence-corrected chi connectivity index (χ0v) is 9.92. The summed E-state index contributed by atoms with van der Waals surface area (Å²) in [5.41, 5.74) is 0. The summed E-state index contributed by atoms with van der Waals surface area (Å²) in [5.74, 6) is 0.687. The monoisotopic (exact) mass is 248 g/mol. The van der Waals surface area contributed by atoms with Crippen molar-refractivity contribution in [1.82, 2.24) is 4.98 Å². The van der Waals surface area contributed by atoms with Gasteiger partial charge < -0.3 is 5.32 Å². The van der Waals surface area contributed by atoms with E-state index in [0.29, 0.717) is 5.92 Å². The molecule has 0 aliphatic carbocycles. The lowest BCUT2D eigenvalue weighted by molar-refractivity contribution is 0.651. The van der Waals surface area contributed by atoms with Crippen LogP contribution in [0.4, 0.5) is 5.13 Å². The van der Waals surface area contributed by atoms with Crippen LogP contribution in [0.25, 0.3) is 0 Å². The molecule has 0 radical (unpaired) electrons. The standard InChI is InChI=1S/C8H13BrN2S/c1-5(2)4-6-7(9)11-8(10-3)12-6/h5H,4H2,1-3H3,(H,10,11). The van der Waals surface area contributed by atoms with Crippen LogP contribution in [0.5, 0.6) is 0 Å². The van der Waals surface area contributed by atoms with E-state index in [2.05, 4.69) is 40.1 Å². The van der Waals surface area contributed by atoms with Gasteiger partial charge in [0.1, 0.15) is 4.60 Å². The second-order valence-corrected chi connectivity index (χ2v) is 4.92. The van der Waals surface area contributed by atoms with Gasteiger partial charge in [-0.15, -0.1) is 11.3 Å². The molecule has 1 N–H and O–H groups in total. The minimum absolute atomic E-state index is 0.687. The van der Waals surface area contributed by atoms with E-state index in [1.807, 2.05) is 7.05 Å². The van der Waals surface area contributed by atoms with Gasteiger partial charge in [-0.2, -0.15) is 0 Å². The minimum Gasteiger partial charge on any atom is -0.365 e. The van der Waals surface area contributed by atoms with E-state index in [-0.39, 0.29) is 0 Å². The molecule has 1 aromatic heterocycles. The summed E-state index contributed by atoms with van der Waals surface area (Å²) in [6.45, 7) is 4.43. The first-order valence-electron chi connectivity index (χ1n) is 3.96. The van der Waals surface area contributed by atoms with E-state index in [0.717, 1.165) is 16.2 Å². The average Bonchev–Trinajstić information content (AvgIpc) is 2.31. The number of thiazole rings is 1. The second-order valence-electron chi connectivity index (χ2n) is 3.08. The second kappa shape index (κ2) is 4.23. The molecule has 1 rings (SSSR count). The van der Waals surface area contributed by atoms with Crippen LogP contribution in [-0.4, -0.2) is 12.0 Å². The molecule has 0 saturated carbocycles. The number of nitrogens with one attached hydrogen (secondary N) is 1. The maximum absolute atomic E-state index is 4.31. The molecular weight excluding hydrogens is 236 g/mol. The predicted octanol–water partition coefficient (Wildman–Crippen LogP) is 3.15. The van der Waals surface area contributed by atoms with Gasteiger partial charge in [-0.3, -0.25) is 0 Å². The third kappa shape index (κ3) is 2.45. The summed E-state index contributed by atoms with van der Waals surface area (Å²) >= 11 is 5.16. The van der Waals surface area contributed by atoms with Crippen LogP contribution in [0.2, 0.25) is 0 Å². The number of hydrogen-bond donors (Lipinski definition) is 1. The van der Waals surface area contributed by atoms with Crippen LogP contribution in [0.1, 0.15) is 18.7 Å². The van der Waals surface area contributed by atoms with Crippen molar-refractivity contribution in [1.29, 1.82) is 0 Å². The van der Waals surface area contributed by atoms with Crippen molar-refractivity contribution in [3.63, 3.8) is 0 Å². The van der Waals surface area contributed by atoms with Gasteiger partial charge in [-0.05, 0) is 28.3 Å². The Kier molecular flexibility index (Phi) is 3.53. The highest BCUT2D eigenvalue weighted by Crippen LogP contribution is 2.28. The number of anilines is 1. The molecule has 2 nitrogen and oxygen atoms in total. The fourth-order valence-corrected chi connectivity index (χ4v) is 2.66. The Hall–Kier alpha value is -0.0900. The van der Waals surface area contributed by atoms with Crippen LogP contribution >= 0.6 is 27.3 Å². The van der Waals surface area contributed by atoms with Gasteiger partial charge in [0.2, 0.25) is 0 Å². The third-order valence-corrected chi connectivity index (χ3v) is 3.47. The minimum atomic E-state index is 0.687. The molecule has 0 bridgehead atoms. The predicted molar refractivity (Wildman–Crippen MR) is 57.9 cm³/mol. The van der Waals surface area contributed by atoms with Gasteiger partial charge in [0.05, 0.1) is 0 Å². The summed E-state index contributed by atoms with van der Waals surface area (Å²) < 4.78 is 0.991. The SMILES string of the molecule is CNc1nc(Br)c(CC(C)C)s1. The van der Waals surface area contributed by atoms with Gasteiger partial charge in [-0.25, -0.2) is 4.98 Å². The van der Waals surface area contributed by atoms with Crippen LogP contribution in [0, 0.1) is 5.92 Å². The maximum Gasteiger partial charge on any atom is 0.183 e. The average molecular weight is 249 g/mol. The first-order chi connectivity index (χ1) is 5.63. The van der Waals surface area contributed by atoms with Crippen LogP contribution in [0.3, 0.4) is 0 Å². The topological polar surface area (TPSA) is 24.9 Å². The molecule has 1 heterocycles. The molecule has 0 fully saturated rings. The first-order valence-corrected chi connectivity index (χ1v) is 5.57. The smallest absolute Gasteiger partial charge is 0.183 e. The zero-order valence-electron chi connectivity index (χ0n) is 7.52. The van der Waals surface area contributed by atoms with Gasteiger partial charge in [0.15, 0.2) is 5.13 Å². The number of aromatic nitrogens is 1. The molecule has 0 aromatic carbocycles. The summed E-state index contributed by atoms with van der Waals surface area (Å²) in [7, 11) is 1.89. The van der Waals surface area contributed by atoms with Gasteiger partial charge in [0.25, 0.3) is 0 Å². The molecule has 4 heteroatoms. The highest BCUT2D eigenvalue weighted by atomic mass is 79.9. The molecule has 68 valence electrons. The molecule has 12 heavy (non-hydrogen) atoms. The normalized spacial score (nSPS) is 10.8. The largest absolute Gasteiger partial charge is 0.365 e. The lowest BCUT2D eigenvalue weighted by atomic mass is 10.1. The van der Waals surface area contributed by atoms with Gasteiger partial charge in [0, 0.05) is 11.9 Å². The Balaban J connectivity index is 2.77. The fraction of sp³-hybridized carbons (Fsp3) is 0.625. The summed E-state index contributed by atoms with van der Waals surface area (Å²) in [6.07, 6.45) is 1.10. The van der Waals surface area contributed by atoms with Crippen molar-refractivity contribution < 1.29 is 0 Å². The number of halogens is 1. The van der Waals surface area contributed by atoms with E-state index >= 15 is 0 Å². The van der Waals surface area contributed by atoms with E-state index in [9.17, 15) is 0 Å². The molecule has 1 aromatic rings. The third-order valence-electron chi connectivity index (χ3n) is 1.46. The Morgan fingerprint density at radius 1 is 1.58 bits per heavy atom. The number of rotatable bonds is 3. The van der Waals surface area contributed by atoms with Gasteiger partial charge in [-0.1, -0.05) is 13.8 Å². The van der Waals surface area contributed by atoms with Crippen molar-refractivity contribution in [3.05, 3.63) is 9.48 Å². The van der Waals surface area contributed by atoms with Crippen molar-refractivity contribution in [2.24, 2.45) is 5.92 Å². The Labute approximate surface area is 85.5 Å². The van der Waals surface area contributed by atoms with Crippen molar-refractivity contribution in [2.45, 2.75) is 20.3 Å². The van der Waals surface area contributed by atoms with Crippen LogP contribution in [-0.2, 0) is 6.42 Å². The molecule has 0 aliphatic rings.